The summed E-state index contributed by atoms with van der Waals surface area (Å²) in [5.41, 5.74) is 0.988. The van der Waals surface area contributed by atoms with Crippen molar-refractivity contribution in [2.24, 2.45) is 7.05 Å². The predicted molar refractivity (Wildman–Crippen MR) is 102 cm³/mol. The molecule has 1 amide bonds. The second-order valence-electron chi connectivity index (χ2n) is 6.74. The van der Waals surface area contributed by atoms with Gasteiger partial charge < -0.3 is 4.90 Å². The number of hydrogen-bond acceptors (Lipinski definition) is 4. The van der Waals surface area contributed by atoms with Crippen LogP contribution in [-0.4, -0.2) is 30.6 Å². The van der Waals surface area contributed by atoms with Gasteiger partial charge in [0.25, 0.3) is 5.91 Å². The molecule has 1 aliphatic heterocycles. The molecule has 4 heterocycles. The summed E-state index contributed by atoms with van der Waals surface area (Å²) in [5.74, 6) is -2.44. The second-order valence-corrected chi connectivity index (χ2v) is 6.74. The second kappa shape index (κ2) is 6.44. The first-order valence-electron chi connectivity index (χ1n) is 9.80. The molecule has 29 heavy (non-hydrogen) atoms. The van der Waals surface area contributed by atoms with Crippen LogP contribution in [0, 0.1) is 11.6 Å². The number of carbonyl (C=O) groups excluding carboxylic acids is 1. The van der Waals surface area contributed by atoms with Gasteiger partial charge in [0.05, 0.1) is 33.2 Å². The first kappa shape index (κ1) is 15.3. The van der Waals surface area contributed by atoms with Crippen LogP contribution in [0.1, 0.15) is 24.4 Å². The number of amides is 1. The molecule has 8 heteroatoms. The van der Waals surface area contributed by atoms with Gasteiger partial charge in [0.1, 0.15) is 17.2 Å². The quantitative estimate of drug-likeness (QED) is 0.535. The zero-order chi connectivity index (χ0) is 21.9. The molecule has 3 aromatic heterocycles. The minimum Gasteiger partial charge on any atom is -0.328 e. The molecular weight excluding hydrogens is 376 g/mol. The van der Waals surface area contributed by atoms with Gasteiger partial charge in [-0.15, -0.1) is 0 Å². The summed E-state index contributed by atoms with van der Waals surface area (Å²) >= 11 is 0. The van der Waals surface area contributed by atoms with Crippen LogP contribution < -0.4 is 0 Å². The number of halogens is 2. The van der Waals surface area contributed by atoms with Crippen LogP contribution in [-0.2, 0) is 20.1 Å². The zero-order valence-corrected chi connectivity index (χ0v) is 15.2. The Labute approximate surface area is 167 Å². The van der Waals surface area contributed by atoms with E-state index in [0.29, 0.717) is 16.5 Å². The zero-order valence-electron chi connectivity index (χ0n) is 17.2. The first-order valence-corrected chi connectivity index (χ1v) is 8.80. The van der Waals surface area contributed by atoms with E-state index >= 15 is 8.78 Å². The van der Waals surface area contributed by atoms with E-state index in [2.05, 4.69) is 15.1 Å². The number of aryl methyl sites for hydroxylation is 1. The normalized spacial score (nSPS) is 16.1. The molecule has 0 saturated heterocycles. The predicted octanol–water partition coefficient (Wildman–Crippen LogP) is 3.46. The molecule has 0 fully saturated rings. The van der Waals surface area contributed by atoms with Crippen molar-refractivity contribution in [3.8, 4) is 11.1 Å². The fraction of sp³-hybridized carbons (Fsp3) is 0.143. The van der Waals surface area contributed by atoms with Crippen LogP contribution in [0.2, 0.25) is 0 Å². The summed E-state index contributed by atoms with van der Waals surface area (Å²) in [4.78, 5) is 21.5. The third-order valence-electron chi connectivity index (χ3n) is 4.84. The maximum Gasteiger partial charge on any atom is 0.256 e. The Morgan fingerprint density at radius 2 is 2.00 bits per heavy atom. The van der Waals surface area contributed by atoms with E-state index in [-0.39, 0.29) is 16.8 Å². The summed E-state index contributed by atoms with van der Waals surface area (Å²) in [5, 5.41) is 4.94. The van der Waals surface area contributed by atoms with Crippen molar-refractivity contribution in [2.75, 3.05) is 0 Å². The van der Waals surface area contributed by atoms with E-state index in [1.165, 1.54) is 24.5 Å². The Morgan fingerprint density at radius 3 is 2.76 bits per heavy atom. The molecule has 0 spiro atoms. The van der Waals surface area contributed by atoms with Gasteiger partial charge in [-0.1, -0.05) is 0 Å². The Hall–Kier alpha value is -3.68. The summed E-state index contributed by atoms with van der Waals surface area (Å²) in [6.07, 6.45) is 6.17. The van der Waals surface area contributed by atoms with Gasteiger partial charge in [0.2, 0.25) is 0 Å². The number of pyridine rings is 2. The average molecular weight is 393 g/mol. The Balaban J connectivity index is 1.55. The van der Waals surface area contributed by atoms with E-state index in [9.17, 15) is 4.79 Å². The molecule has 5 rings (SSSR count). The molecule has 4 aromatic rings. The molecular formula is C21H15F2N5O. The van der Waals surface area contributed by atoms with E-state index < -0.39 is 36.1 Å². The highest BCUT2D eigenvalue weighted by molar-refractivity contribution is 5.97. The van der Waals surface area contributed by atoms with Crippen molar-refractivity contribution in [2.45, 2.75) is 13.0 Å². The topological polar surface area (TPSA) is 63.9 Å². The lowest BCUT2D eigenvalue weighted by Crippen LogP contribution is -2.24. The smallest absolute Gasteiger partial charge is 0.256 e. The highest BCUT2D eigenvalue weighted by Crippen LogP contribution is 2.31. The van der Waals surface area contributed by atoms with Crippen molar-refractivity contribution in [1.82, 2.24) is 24.6 Å². The third kappa shape index (κ3) is 2.84. The molecule has 1 aromatic carbocycles. The van der Waals surface area contributed by atoms with Crippen molar-refractivity contribution >= 4 is 16.8 Å². The van der Waals surface area contributed by atoms with Crippen molar-refractivity contribution in [1.29, 1.82) is 0 Å². The monoisotopic (exact) mass is 393 g/mol. The number of hydrogen-bond donors (Lipinski definition) is 0. The highest BCUT2D eigenvalue weighted by Gasteiger charge is 2.29. The van der Waals surface area contributed by atoms with Crippen LogP contribution in [0.25, 0.3) is 22.0 Å². The lowest BCUT2D eigenvalue weighted by Gasteiger charge is -2.17. The molecule has 0 unspecified atom stereocenters. The van der Waals surface area contributed by atoms with E-state index in [1.807, 2.05) is 0 Å². The summed E-state index contributed by atoms with van der Waals surface area (Å²) in [6, 6.07) is 5.27. The average Bonchev–Trinajstić information content (AvgIpc) is 3.20. The van der Waals surface area contributed by atoms with Gasteiger partial charge in [-0.25, -0.2) is 8.78 Å². The van der Waals surface area contributed by atoms with E-state index in [0.717, 1.165) is 17.0 Å². The fourth-order valence-corrected chi connectivity index (χ4v) is 3.46. The molecule has 0 N–H and O–H groups in total. The first-order chi connectivity index (χ1) is 14.8. The third-order valence-corrected chi connectivity index (χ3v) is 4.84. The number of carbonyl (C=O) groups is 1. The van der Waals surface area contributed by atoms with Crippen molar-refractivity contribution in [3.63, 3.8) is 0 Å². The lowest BCUT2D eigenvalue weighted by atomic mass is 10.0. The number of benzene rings is 1. The van der Waals surface area contributed by atoms with Gasteiger partial charge in [0, 0.05) is 42.2 Å². The van der Waals surface area contributed by atoms with Crippen LogP contribution in [0.15, 0.2) is 49.1 Å². The van der Waals surface area contributed by atoms with Crippen molar-refractivity contribution < 1.29 is 16.3 Å². The molecule has 0 saturated carbocycles. The molecule has 1 aliphatic rings. The van der Waals surface area contributed by atoms with E-state index in [4.69, 9.17) is 2.74 Å². The summed E-state index contributed by atoms with van der Waals surface area (Å²) in [7, 11) is 1.74. The van der Waals surface area contributed by atoms with E-state index in [1.54, 1.807) is 24.1 Å². The molecule has 0 bridgehead atoms. The molecule has 144 valence electrons. The number of rotatable bonds is 3. The number of aromatic nitrogens is 4. The van der Waals surface area contributed by atoms with Crippen LogP contribution in [0.3, 0.4) is 0 Å². The fourth-order valence-electron chi connectivity index (χ4n) is 3.46. The van der Waals surface area contributed by atoms with Gasteiger partial charge in [-0.2, -0.15) is 5.10 Å². The van der Waals surface area contributed by atoms with Gasteiger partial charge >= 0.3 is 0 Å². The maximum absolute atomic E-state index is 15.0. The van der Waals surface area contributed by atoms with Crippen LogP contribution in [0.4, 0.5) is 8.78 Å². The van der Waals surface area contributed by atoms with Gasteiger partial charge in [-0.05, 0) is 29.8 Å². The highest BCUT2D eigenvalue weighted by atomic mass is 19.1. The maximum atomic E-state index is 15.0. The number of nitrogens with zero attached hydrogens (tertiary/aromatic N) is 5. The van der Waals surface area contributed by atoms with Crippen LogP contribution >= 0.6 is 0 Å². The molecule has 0 radical (unpaired) electrons. The minimum atomic E-state index is -2.28. The Bertz CT molecular complexity index is 1350. The van der Waals surface area contributed by atoms with Crippen molar-refractivity contribution in [3.05, 3.63) is 77.5 Å². The lowest BCUT2D eigenvalue weighted by molar-refractivity contribution is 0.0763. The summed E-state index contributed by atoms with van der Waals surface area (Å²) in [6.45, 7) is -2.86. The van der Waals surface area contributed by atoms with Gasteiger partial charge in [-0.3, -0.25) is 19.4 Å². The minimum absolute atomic E-state index is 0.0632. The summed E-state index contributed by atoms with van der Waals surface area (Å²) < 4.78 is 48.1. The SMILES string of the molecule is [2H]C1([2H])c2ncccc2C(=O)N1Cc1c(F)cc(-c2cncc3nn(C)cc23)cc1F. The standard InChI is InChI=1S/C21H15F2N5O/c1-27-9-15-14(7-24-8-19(15)26-27)12-5-17(22)16(18(23)6-12)10-28-11-20-13(21(28)29)3-2-4-25-20/h2-9H,10-11H2,1H3/i11D2. The molecule has 6 nitrogen and oxygen atoms in total. The Kier molecular flexibility index (Phi) is 3.39. The number of fused-ring (bicyclic) bond motifs is 2. The van der Waals surface area contributed by atoms with Gasteiger partial charge in [0.15, 0.2) is 0 Å². The molecule has 0 atom stereocenters. The Morgan fingerprint density at radius 1 is 1.21 bits per heavy atom. The van der Waals surface area contributed by atoms with Crippen LogP contribution in [0.5, 0.6) is 0 Å². The largest absolute Gasteiger partial charge is 0.328 e. The molecule has 0 aliphatic carbocycles.